The van der Waals surface area contributed by atoms with Crippen LogP contribution in [0.15, 0.2) is 10.8 Å². The first-order valence-corrected chi connectivity index (χ1v) is 6.09. The van der Waals surface area contributed by atoms with Gasteiger partial charge in [0.1, 0.15) is 22.4 Å². The Morgan fingerprint density at radius 1 is 1.56 bits per heavy atom. The molecule has 0 fully saturated rings. The number of rotatable bonds is 6. The zero-order valence-corrected chi connectivity index (χ0v) is 10.9. The molecule has 5 nitrogen and oxygen atoms in total. The maximum atomic E-state index is 8.88. The topological polar surface area (TPSA) is 84.1 Å². The minimum absolute atomic E-state index is 0.216. The van der Waals surface area contributed by atoms with Crippen LogP contribution in [0.2, 0.25) is 0 Å². The molecule has 90 valence electrons. The van der Waals surface area contributed by atoms with Crippen LogP contribution in [0.4, 0.5) is 11.6 Å². The predicted octanol–water partition coefficient (Wildman–Crippen LogP) is 1.64. The van der Waals surface area contributed by atoms with Gasteiger partial charge in [-0.1, -0.05) is 13.3 Å². The summed E-state index contributed by atoms with van der Waals surface area (Å²) in [6, 6.07) is 0. The third-order valence-electron chi connectivity index (χ3n) is 2.49. The number of halogens is 1. The van der Waals surface area contributed by atoms with Gasteiger partial charge >= 0.3 is 0 Å². The van der Waals surface area contributed by atoms with E-state index in [2.05, 4.69) is 38.1 Å². The highest BCUT2D eigenvalue weighted by Crippen LogP contribution is 2.24. The van der Waals surface area contributed by atoms with E-state index in [9.17, 15) is 0 Å². The van der Waals surface area contributed by atoms with Crippen LogP contribution in [-0.2, 0) is 0 Å². The van der Waals surface area contributed by atoms with Gasteiger partial charge in [-0.05, 0) is 28.3 Å². The maximum absolute atomic E-state index is 8.88. The standard InChI is InChI=1S/C10H17BrN4O/c1-2-7(3-4-16)5-13-10-8(11)9(12)14-6-15-10/h6-7,16H,2-5H2,1H3,(H3,12,13,14,15). The first-order valence-electron chi connectivity index (χ1n) is 5.29. The summed E-state index contributed by atoms with van der Waals surface area (Å²) < 4.78 is 0.689. The molecule has 16 heavy (non-hydrogen) atoms. The van der Waals surface area contributed by atoms with Crippen molar-refractivity contribution in [2.75, 3.05) is 24.2 Å². The highest BCUT2D eigenvalue weighted by atomic mass is 79.9. The lowest BCUT2D eigenvalue weighted by Crippen LogP contribution is -2.16. The molecule has 1 atom stereocenters. The maximum Gasteiger partial charge on any atom is 0.145 e. The molecule has 1 aromatic heterocycles. The predicted molar refractivity (Wildman–Crippen MR) is 68.1 cm³/mol. The molecule has 0 aliphatic heterocycles. The Hall–Kier alpha value is -0.880. The molecule has 1 heterocycles. The second kappa shape index (κ2) is 6.65. The Balaban J connectivity index is 2.56. The number of aliphatic hydroxyl groups excluding tert-OH is 1. The van der Waals surface area contributed by atoms with Crippen molar-refractivity contribution >= 4 is 27.6 Å². The second-order valence-corrected chi connectivity index (χ2v) is 4.38. The molecule has 0 spiro atoms. The van der Waals surface area contributed by atoms with Crippen LogP contribution in [0.1, 0.15) is 19.8 Å². The number of aliphatic hydroxyl groups is 1. The first kappa shape index (κ1) is 13.2. The molecule has 0 aliphatic carbocycles. The summed E-state index contributed by atoms with van der Waals surface area (Å²) in [5.74, 6) is 1.56. The Morgan fingerprint density at radius 3 is 2.94 bits per heavy atom. The molecular weight excluding hydrogens is 272 g/mol. The zero-order chi connectivity index (χ0) is 12.0. The van der Waals surface area contributed by atoms with Crippen LogP contribution in [-0.4, -0.2) is 28.2 Å². The summed E-state index contributed by atoms with van der Waals surface area (Å²) in [6.45, 7) is 3.09. The lowest BCUT2D eigenvalue weighted by Gasteiger charge is -2.15. The SMILES string of the molecule is CCC(CCO)CNc1ncnc(N)c1Br. The Morgan fingerprint density at radius 2 is 2.31 bits per heavy atom. The van der Waals surface area contributed by atoms with Gasteiger partial charge < -0.3 is 16.2 Å². The van der Waals surface area contributed by atoms with Gasteiger partial charge in [-0.25, -0.2) is 9.97 Å². The Bertz CT molecular complexity index is 335. The molecule has 6 heteroatoms. The van der Waals surface area contributed by atoms with Gasteiger partial charge in [-0.15, -0.1) is 0 Å². The Kier molecular flexibility index (Phi) is 5.48. The number of nitrogens with zero attached hydrogens (tertiary/aromatic N) is 2. The third kappa shape index (κ3) is 3.61. The van der Waals surface area contributed by atoms with E-state index in [-0.39, 0.29) is 6.61 Å². The van der Waals surface area contributed by atoms with Crippen LogP contribution in [0.3, 0.4) is 0 Å². The monoisotopic (exact) mass is 288 g/mol. The molecule has 0 bridgehead atoms. The molecule has 0 saturated carbocycles. The third-order valence-corrected chi connectivity index (χ3v) is 3.27. The summed E-state index contributed by atoms with van der Waals surface area (Å²) in [4.78, 5) is 7.96. The summed E-state index contributed by atoms with van der Waals surface area (Å²) in [7, 11) is 0. The van der Waals surface area contributed by atoms with E-state index in [1.165, 1.54) is 6.33 Å². The number of nitrogens with one attached hydrogen (secondary N) is 1. The van der Waals surface area contributed by atoms with E-state index in [4.69, 9.17) is 10.8 Å². The zero-order valence-electron chi connectivity index (χ0n) is 9.28. The van der Waals surface area contributed by atoms with Gasteiger partial charge in [-0.2, -0.15) is 0 Å². The molecule has 4 N–H and O–H groups in total. The normalized spacial score (nSPS) is 12.4. The van der Waals surface area contributed by atoms with Crippen molar-refractivity contribution in [3.8, 4) is 0 Å². The molecule has 0 aliphatic rings. The highest BCUT2D eigenvalue weighted by molar-refractivity contribution is 9.10. The fourth-order valence-corrected chi connectivity index (χ4v) is 1.73. The fourth-order valence-electron chi connectivity index (χ4n) is 1.38. The van der Waals surface area contributed by atoms with Crippen LogP contribution in [0.25, 0.3) is 0 Å². The number of nitrogens with two attached hydrogens (primary N) is 1. The van der Waals surface area contributed by atoms with Gasteiger partial charge in [0.05, 0.1) is 0 Å². The van der Waals surface area contributed by atoms with Crippen LogP contribution >= 0.6 is 15.9 Å². The average Bonchev–Trinajstić information content (AvgIpc) is 2.29. The summed E-state index contributed by atoms with van der Waals surface area (Å²) in [6.07, 6.45) is 3.24. The van der Waals surface area contributed by atoms with Crippen LogP contribution < -0.4 is 11.1 Å². The fraction of sp³-hybridized carbons (Fsp3) is 0.600. The number of hydrogen-bond acceptors (Lipinski definition) is 5. The highest BCUT2D eigenvalue weighted by Gasteiger charge is 2.09. The average molecular weight is 289 g/mol. The molecule has 0 amide bonds. The summed E-state index contributed by atoms with van der Waals surface area (Å²) in [5.41, 5.74) is 5.64. The number of aromatic nitrogens is 2. The quantitative estimate of drug-likeness (QED) is 0.741. The van der Waals surface area contributed by atoms with Gasteiger partial charge in [0.25, 0.3) is 0 Å². The van der Waals surface area contributed by atoms with E-state index in [0.29, 0.717) is 22.0 Å². The van der Waals surface area contributed by atoms with Gasteiger partial charge in [-0.3, -0.25) is 0 Å². The van der Waals surface area contributed by atoms with Crippen molar-refractivity contribution in [2.45, 2.75) is 19.8 Å². The lowest BCUT2D eigenvalue weighted by atomic mass is 10.0. The minimum Gasteiger partial charge on any atom is -0.396 e. The van der Waals surface area contributed by atoms with Crippen molar-refractivity contribution in [1.29, 1.82) is 0 Å². The van der Waals surface area contributed by atoms with Gasteiger partial charge in [0.2, 0.25) is 0 Å². The molecule has 1 unspecified atom stereocenters. The van der Waals surface area contributed by atoms with Crippen molar-refractivity contribution in [1.82, 2.24) is 9.97 Å². The molecular formula is C10H17BrN4O. The second-order valence-electron chi connectivity index (χ2n) is 3.59. The first-order chi connectivity index (χ1) is 7.69. The van der Waals surface area contributed by atoms with E-state index in [0.717, 1.165) is 19.4 Å². The summed E-state index contributed by atoms with van der Waals surface area (Å²) >= 11 is 3.33. The smallest absolute Gasteiger partial charge is 0.145 e. The largest absolute Gasteiger partial charge is 0.396 e. The van der Waals surface area contributed by atoms with Crippen molar-refractivity contribution in [2.24, 2.45) is 5.92 Å². The minimum atomic E-state index is 0.216. The van der Waals surface area contributed by atoms with Crippen molar-refractivity contribution in [3.63, 3.8) is 0 Å². The van der Waals surface area contributed by atoms with Crippen LogP contribution in [0.5, 0.6) is 0 Å². The van der Waals surface area contributed by atoms with E-state index in [1.807, 2.05) is 0 Å². The summed E-state index contributed by atoms with van der Waals surface area (Å²) in [5, 5.41) is 12.1. The van der Waals surface area contributed by atoms with Crippen molar-refractivity contribution in [3.05, 3.63) is 10.8 Å². The van der Waals surface area contributed by atoms with Gasteiger partial charge in [0.15, 0.2) is 0 Å². The number of anilines is 2. The lowest BCUT2D eigenvalue weighted by molar-refractivity contribution is 0.258. The van der Waals surface area contributed by atoms with E-state index >= 15 is 0 Å². The van der Waals surface area contributed by atoms with E-state index < -0.39 is 0 Å². The van der Waals surface area contributed by atoms with Gasteiger partial charge in [0, 0.05) is 13.2 Å². The molecule has 0 aromatic carbocycles. The molecule has 1 rings (SSSR count). The Labute approximate surface area is 104 Å². The number of nitrogen functional groups attached to an aromatic ring is 1. The van der Waals surface area contributed by atoms with E-state index in [1.54, 1.807) is 0 Å². The molecule has 0 saturated heterocycles. The number of hydrogen-bond donors (Lipinski definition) is 3. The molecule has 0 radical (unpaired) electrons. The van der Waals surface area contributed by atoms with Crippen molar-refractivity contribution < 1.29 is 5.11 Å². The van der Waals surface area contributed by atoms with Crippen LogP contribution in [0, 0.1) is 5.92 Å². The molecule has 1 aromatic rings.